The molecule has 0 atom stereocenters. The van der Waals surface area contributed by atoms with Gasteiger partial charge >= 0.3 is 0 Å². The number of hydrogen-bond donors (Lipinski definition) is 0. The molecule has 1 aliphatic rings. The molecule has 118 valence electrons. The minimum atomic E-state index is 0.433. The Balaban J connectivity index is 2.16. The van der Waals surface area contributed by atoms with Gasteiger partial charge in [0.15, 0.2) is 0 Å². The first kappa shape index (κ1) is 16.8. The first-order valence-corrected chi connectivity index (χ1v) is 7.54. The van der Waals surface area contributed by atoms with Gasteiger partial charge in [0.2, 0.25) is 0 Å². The summed E-state index contributed by atoms with van der Waals surface area (Å²) in [6, 6.07) is 10.3. The highest BCUT2D eigenvalue weighted by Gasteiger charge is 2.11. The molecule has 0 aliphatic heterocycles. The van der Waals surface area contributed by atoms with Gasteiger partial charge in [-0.2, -0.15) is 9.98 Å². The molecule has 0 amide bonds. The lowest BCUT2D eigenvalue weighted by Gasteiger charge is -2.04. The quantitative estimate of drug-likeness (QED) is 0.450. The van der Waals surface area contributed by atoms with E-state index in [1.807, 2.05) is 24.3 Å². The van der Waals surface area contributed by atoms with Crippen LogP contribution in [-0.4, -0.2) is 26.3 Å². The molecule has 0 unspecified atom stereocenters. The maximum absolute atomic E-state index is 5.55. The molecule has 2 rings (SSSR count). The molecule has 0 aromatic heterocycles. The Morgan fingerprint density at radius 1 is 1.26 bits per heavy atom. The molecule has 4 heteroatoms. The molecule has 0 radical (unpaired) electrons. The lowest BCUT2D eigenvalue weighted by atomic mass is 10.2. The van der Waals surface area contributed by atoms with Crippen molar-refractivity contribution in [2.75, 3.05) is 20.3 Å². The summed E-state index contributed by atoms with van der Waals surface area (Å²) in [4.78, 5) is 8.61. The van der Waals surface area contributed by atoms with Crippen molar-refractivity contribution in [3.05, 3.63) is 48.2 Å². The van der Waals surface area contributed by atoms with Crippen molar-refractivity contribution < 1.29 is 9.47 Å². The summed E-state index contributed by atoms with van der Waals surface area (Å²) < 4.78 is 10.5. The first-order chi connectivity index (χ1) is 11.3. The SMILES string of the molecule is C=CCOc1ccccc1N=C=NC1=C(C#CCOC)CCC1. The standard InChI is InChI=1S/C19H20N2O2/c1-3-13-23-19-12-5-4-10-18(19)21-15-20-17-11-6-8-16(17)9-7-14-22-2/h3-5,10,12H,1,6,8,11,13-14H2,2H3. The van der Waals surface area contributed by atoms with Crippen LogP contribution in [0.3, 0.4) is 0 Å². The molecule has 1 aromatic rings. The molecule has 0 N–H and O–H groups in total. The van der Waals surface area contributed by atoms with Crippen LogP contribution >= 0.6 is 0 Å². The highest BCUT2D eigenvalue weighted by atomic mass is 16.5. The average molecular weight is 308 g/mol. The monoisotopic (exact) mass is 308 g/mol. The highest BCUT2D eigenvalue weighted by Crippen LogP contribution is 2.27. The van der Waals surface area contributed by atoms with Gasteiger partial charge in [-0.3, -0.25) is 0 Å². The molecule has 0 bridgehead atoms. The van der Waals surface area contributed by atoms with Gasteiger partial charge in [-0.25, -0.2) is 0 Å². The van der Waals surface area contributed by atoms with Crippen LogP contribution in [0, 0.1) is 11.8 Å². The van der Waals surface area contributed by atoms with E-state index >= 15 is 0 Å². The van der Waals surface area contributed by atoms with E-state index in [0.717, 1.165) is 30.5 Å². The van der Waals surface area contributed by atoms with Gasteiger partial charge in [-0.05, 0) is 31.4 Å². The second kappa shape index (κ2) is 9.42. The van der Waals surface area contributed by atoms with Gasteiger partial charge in [0.25, 0.3) is 0 Å². The van der Waals surface area contributed by atoms with Gasteiger partial charge in [0.05, 0.1) is 5.70 Å². The molecule has 0 fully saturated rings. The number of methoxy groups -OCH3 is 1. The Kier molecular flexibility index (Phi) is 6.87. The molecular formula is C19H20N2O2. The highest BCUT2D eigenvalue weighted by molar-refractivity contribution is 5.60. The minimum absolute atomic E-state index is 0.433. The van der Waals surface area contributed by atoms with Gasteiger partial charge in [0.1, 0.15) is 30.7 Å². The van der Waals surface area contributed by atoms with E-state index < -0.39 is 0 Å². The van der Waals surface area contributed by atoms with E-state index in [1.165, 1.54) is 0 Å². The normalized spacial score (nSPS) is 12.9. The minimum Gasteiger partial charge on any atom is -0.487 e. The zero-order chi connectivity index (χ0) is 16.3. The number of ether oxygens (including phenoxy) is 2. The van der Waals surface area contributed by atoms with Crippen molar-refractivity contribution >= 4 is 11.7 Å². The van der Waals surface area contributed by atoms with Crippen molar-refractivity contribution in [1.82, 2.24) is 0 Å². The Bertz CT molecular complexity index is 702. The van der Waals surface area contributed by atoms with E-state index in [4.69, 9.17) is 9.47 Å². The summed E-state index contributed by atoms with van der Waals surface area (Å²) in [6.07, 6.45) is 4.63. The molecule has 0 saturated heterocycles. The van der Waals surface area contributed by atoms with Crippen molar-refractivity contribution in [2.24, 2.45) is 9.98 Å². The van der Waals surface area contributed by atoms with Crippen LogP contribution in [0.25, 0.3) is 0 Å². The number of aliphatic imine (C=N–C) groups is 2. The Morgan fingerprint density at radius 2 is 2.13 bits per heavy atom. The summed E-state index contributed by atoms with van der Waals surface area (Å²) in [5.74, 6) is 6.77. The average Bonchev–Trinajstić information content (AvgIpc) is 3.02. The lowest BCUT2D eigenvalue weighted by Crippen LogP contribution is -1.92. The first-order valence-electron chi connectivity index (χ1n) is 7.54. The van der Waals surface area contributed by atoms with E-state index in [0.29, 0.717) is 24.7 Å². The van der Waals surface area contributed by atoms with Crippen LogP contribution in [0.4, 0.5) is 5.69 Å². The third-order valence-electron chi connectivity index (χ3n) is 3.22. The Hall–Kier alpha value is -2.60. The van der Waals surface area contributed by atoms with Gasteiger partial charge in [-0.1, -0.05) is 36.6 Å². The Labute approximate surface area is 137 Å². The van der Waals surface area contributed by atoms with E-state index in [1.54, 1.807) is 13.2 Å². The lowest BCUT2D eigenvalue weighted by molar-refractivity contribution is 0.240. The maximum atomic E-state index is 5.55. The molecule has 1 aromatic carbocycles. The number of rotatable bonds is 6. The summed E-state index contributed by atoms with van der Waals surface area (Å²) in [7, 11) is 1.63. The third kappa shape index (κ3) is 5.27. The maximum Gasteiger partial charge on any atom is 0.146 e. The van der Waals surface area contributed by atoms with Crippen LogP contribution in [-0.2, 0) is 4.74 Å². The smallest absolute Gasteiger partial charge is 0.146 e. The number of para-hydroxylation sites is 2. The van der Waals surface area contributed by atoms with E-state index in [-0.39, 0.29) is 0 Å². The number of allylic oxidation sites excluding steroid dienone is 2. The predicted molar refractivity (Wildman–Crippen MR) is 92.2 cm³/mol. The number of benzene rings is 1. The van der Waals surface area contributed by atoms with Crippen LogP contribution in [0.2, 0.25) is 0 Å². The zero-order valence-electron chi connectivity index (χ0n) is 13.3. The second-order valence-corrected chi connectivity index (χ2v) is 4.90. The van der Waals surface area contributed by atoms with Crippen LogP contribution < -0.4 is 4.74 Å². The molecule has 23 heavy (non-hydrogen) atoms. The fourth-order valence-corrected chi connectivity index (χ4v) is 2.16. The van der Waals surface area contributed by atoms with Gasteiger partial charge in [-0.15, -0.1) is 0 Å². The van der Waals surface area contributed by atoms with Crippen molar-refractivity contribution in [3.63, 3.8) is 0 Å². The molecule has 4 nitrogen and oxygen atoms in total. The third-order valence-corrected chi connectivity index (χ3v) is 3.22. The van der Waals surface area contributed by atoms with Crippen LogP contribution in [0.1, 0.15) is 19.3 Å². The summed E-state index contributed by atoms with van der Waals surface area (Å²) in [5, 5.41) is 0. The van der Waals surface area contributed by atoms with Crippen molar-refractivity contribution in [1.29, 1.82) is 0 Å². The van der Waals surface area contributed by atoms with E-state index in [9.17, 15) is 0 Å². The number of nitrogens with zero attached hydrogens (tertiary/aromatic N) is 2. The molecule has 0 saturated carbocycles. The Morgan fingerprint density at radius 3 is 2.96 bits per heavy atom. The number of hydrogen-bond acceptors (Lipinski definition) is 4. The predicted octanol–water partition coefficient (Wildman–Crippen LogP) is 4.14. The molecular weight excluding hydrogens is 288 g/mol. The fourth-order valence-electron chi connectivity index (χ4n) is 2.16. The van der Waals surface area contributed by atoms with Crippen LogP contribution in [0.5, 0.6) is 5.75 Å². The fraction of sp³-hybridized carbons (Fsp3) is 0.316. The van der Waals surface area contributed by atoms with Crippen LogP contribution in [0.15, 0.2) is 58.2 Å². The molecule has 0 spiro atoms. The second-order valence-electron chi connectivity index (χ2n) is 4.90. The van der Waals surface area contributed by atoms with Gasteiger partial charge < -0.3 is 9.47 Å². The molecule has 1 aliphatic carbocycles. The topological polar surface area (TPSA) is 43.2 Å². The van der Waals surface area contributed by atoms with E-state index in [2.05, 4.69) is 34.4 Å². The summed E-state index contributed by atoms with van der Waals surface area (Å²) in [5.41, 5.74) is 2.71. The largest absolute Gasteiger partial charge is 0.487 e. The zero-order valence-corrected chi connectivity index (χ0v) is 13.3. The van der Waals surface area contributed by atoms with Crippen molar-refractivity contribution in [3.8, 4) is 17.6 Å². The van der Waals surface area contributed by atoms with Gasteiger partial charge in [0, 0.05) is 12.7 Å². The summed E-state index contributed by atoms with van der Waals surface area (Å²) in [6.45, 7) is 4.51. The summed E-state index contributed by atoms with van der Waals surface area (Å²) >= 11 is 0. The van der Waals surface area contributed by atoms with Crippen molar-refractivity contribution in [2.45, 2.75) is 19.3 Å². The molecule has 0 heterocycles.